The molecular formula is C22H38O12. The Morgan fingerprint density at radius 3 is 0.500 bits per heavy atom. The van der Waals surface area contributed by atoms with Crippen molar-refractivity contribution >= 4 is 0 Å². The van der Waals surface area contributed by atoms with Gasteiger partial charge in [-0.1, -0.05) is 0 Å². The molecule has 198 valence electrons. The highest BCUT2D eigenvalue weighted by atomic mass is 16.9. The molecule has 1 aromatic carbocycles. The Hall–Kier alpha value is -1.26. The molecule has 0 bridgehead atoms. The van der Waals surface area contributed by atoms with E-state index in [1.165, 1.54) is 85.3 Å². The number of methoxy groups -OCH3 is 12. The Bertz CT molecular complexity index is 597. The topological polar surface area (TPSA) is 111 Å². The van der Waals surface area contributed by atoms with Crippen LogP contribution in [-0.4, -0.2) is 85.3 Å². The minimum absolute atomic E-state index is 0.261. The van der Waals surface area contributed by atoms with Gasteiger partial charge in [-0.3, -0.25) is 0 Å². The molecule has 0 saturated carbocycles. The Labute approximate surface area is 201 Å². The van der Waals surface area contributed by atoms with Gasteiger partial charge in [0.2, 0.25) is 0 Å². The summed E-state index contributed by atoms with van der Waals surface area (Å²) in [7, 11) is 16.8. The van der Waals surface area contributed by atoms with Crippen LogP contribution >= 0.6 is 0 Å². The molecule has 0 spiro atoms. The number of rotatable bonds is 16. The van der Waals surface area contributed by atoms with Gasteiger partial charge >= 0.3 is 23.9 Å². The number of hydrogen-bond donors (Lipinski definition) is 0. The van der Waals surface area contributed by atoms with Gasteiger partial charge in [0.1, 0.15) is 0 Å². The summed E-state index contributed by atoms with van der Waals surface area (Å²) in [4.78, 5) is 0. The van der Waals surface area contributed by atoms with Gasteiger partial charge in [0.15, 0.2) is 0 Å². The summed E-state index contributed by atoms with van der Waals surface area (Å²) in [5.74, 6) is -7.00. The zero-order valence-corrected chi connectivity index (χ0v) is 22.1. The second-order valence-electron chi connectivity index (χ2n) is 6.62. The second-order valence-corrected chi connectivity index (χ2v) is 6.62. The van der Waals surface area contributed by atoms with Crippen molar-refractivity contribution in [1.29, 1.82) is 0 Å². The molecule has 0 unspecified atom stereocenters. The Morgan fingerprint density at radius 2 is 0.412 bits per heavy atom. The largest absolute Gasteiger partial charge is 0.327 e. The molecule has 34 heavy (non-hydrogen) atoms. The lowest BCUT2D eigenvalue weighted by Crippen LogP contribution is -2.45. The quantitative estimate of drug-likeness (QED) is 0.313. The van der Waals surface area contributed by atoms with Crippen molar-refractivity contribution in [3.05, 3.63) is 34.4 Å². The number of benzene rings is 1. The molecule has 0 saturated heterocycles. The third-order valence-electron chi connectivity index (χ3n) is 5.70. The number of ether oxygens (including phenoxy) is 12. The number of hydrogen-bond acceptors (Lipinski definition) is 12. The zero-order valence-electron chi connectivity index (χ0n) is 22.1. The van der Waals surface area contributed by atoms with Crippen molar-refractivity contribution in [1.82, 2.24) is 0 Å². The average Bonchev–Trinajstić information content (AvgIpc) is 2.90. The predicted octanol–water partition coefficient (Wildman–Crippen LogP) is 1.88. The van der Waals surface area contributed by atoms with Crippen LogP contribution in [0.15, 0.2) is 12.1 Å². The summed E-state index contributed by atoms with van der Waals surface area (Å²) in [6.07, 6.45) is 0. The van der Waals surface area contributed by atoms with E-state index >= 15 is 0 Å². The van der Waals surface area contributed by atoms with Crippen molar-refractivity contribution in [3.63, 3.8) is 0 Å². The summed E-state index contributed by atoms with van der Waals surface area (Å²) >= 11 is 0. The van der Waals surface area contributed by atoms with Crippen LogP contribution in [0.4, 0.5) is 0 Å². The first-order valence-electron chi connectivity index (χ1n) is 10.0. The van der Waals surface area contributed by atoms with Gasteiger partial charge in [-0.05, 0) is 12.1 Å². The van der Waals surface area contributed by atoms with Crippen LogP contribution in [0.25, 0.3) is 0 Å². The van der Waals surface area contributed by atoms with E-state index in [1.807, 2.05) is 0 Å². The molecule has 0 atom stereocenters. The molecule has 0 aromatic heterocycles. The van der Waals surface area contributed by atoms with E-state index in [4.69, 9.17) is 56.8 Å². The molecule has 1 rings (SSSR count). The van der Waals surface area contributed by atoms with E-state index in [1.54, 1.807) is 12.1 Å². The van der Waals surface area contributed by atoms with Crippen LogP contribution < -0.4 is 0 Å². The standard InChI is InChI=1S/C22H38O12/c1-23-19(24-2,25-3)15-13-17(21(29-7,30-8)31-9)18(22(32-10,33-11)34-12)14-16(15)20(26-4,27-5)28-6/h13-14H,1-12H3. The molecule has 0 aliphatic heterocycles. The Balaban J connectivity index is 4.47. The van der Waals surface area contributed by atoms with Crippen LogP contribution in [0.1, 0.15) is 22.3 Å². The highest BCUT2D eigenvalue weighted by Gasteiger charge is 2.50. The van der Waals surface area contributed by atoms with Crippen molar-refractivity contribution in [2.45, 2.75) is 23.9 Å². The van der Waals surface area contributed by atoms with E-state index in [9.17, 15) is 0 Å². The van der Waals surface area contributed by atoms with Gasteiger partial charge in [-0.2, -0.15) is 0 Å². The smallest absolute Gasteiger partial charge is 0.311 e. The highest BCUT2D eigenvalue weighted by Crippen LogP contribution is 2.45. The van der Waals surface area contributed by atoms with Crippen LogP contribution in [-0.2, 0) is 80.7 Å². The minimum atomic E-state index is -1.75. The Kier molecular flexibility index (Phi) is 11.4. The fraction of sp³-hybridized carbons (Fsp3) is 0.727. The molecule has 1 aromatic rings. The molecule has 12 heteroatoms. The molecule has 0 aliphatic rings. The SMILES string of the molecule is COC(OC)(OC)c1cc(C(OC)(OC)OC)c(C(OC)(OC)OC)cc1C(OC)(OC)OC. The first kappa shape index (κ1) is 30.8. The molecule has 0 N–H and O–H groups in total. The van der Waals surface area contributed by atoms with E-state index in [2.05, 4.69) is 0 Å². The normalized spacial score (nSPS) is 13.5. The first-order valence-corrected chi connectivity index (χ1v) is 10.0. The average molecular weight is 495 g/mol. The molecule has 12 nitrogen and oxygen atoms in total. The molecule has 0 heterocycles. The highest BCUT2D eigenvalue weighted by molar-refractivity contribution is 5.45. The molecule has 0 amide bonds. The monoisotopic (exact) mass is 494 g/mol. The maximum atomic E-state index is 5.64. The van der Waals surface area contributed by atoms with E-state index in [0.29, 0.717) is 0 Å². The van der Waals surface area contributed by atoms with Gasteiger partial charge in [0, 0.05) is 85.3 Å². The summed E-state index contributed by atoms with van der Waals surface area (Å²) in [5.41, 5.74) is 1.04. The summed E-state index contributed by atoms with van der Waals surface area (Å²) < 4.78 is 67.6. The van der Waals surface area contributed by atoms with Crippen molar-refractivity contribution < 1.29 is 56.8 Å². The fourth-order valence-corrected chi connectivity index (χ4v) is 3.93. The maximum absolute atomic E-state index is 5.64. The van der Waals surface area contributed by atoms with Gasteiger partial charge in [0.05, 0.1) is 22.3 Å². The third-order valence-corrected chi connectivity index (χ3v) is 5.70. The molecular weight excluding hydrogens is 456 g/mol. The van der Waals surface area contributed by atoms with Gasteiger partial charge in [-0.25, -0.2) is 0 Å². The van der Waals surface area contributed by atoms with E-state index in [-0.39, 0.29) is 22.3 Å². The summed E-state index contributed by atoms with van der Waals surface area (Å²) in [5, 5.41) is 0. The Morgan fingerprint density at radius 1 is 0.294 bits per heavy atom. The van der Waals surface area contributed by atoms with Gasteiger partial charge in [-0.15, -0.1) is 0 Å². The summed E-state index contributed by atoms with van der Waals surface area (Å²) in [6, 6.07) is 3.16. The second kappa shape index (κ2) is 12.6. The zero-order chi connectivity index (χ0) is 26.2. The first-order chi connectivity index (χ1) is 16.2. The summed E-state index contributed by atoms with van der Waals surface area (Å²) in [6.45, 7) is 0. The molecule has 0 aliphatic carbocycles. The molecule has 0 fully saturated rings. The van der Waals surface area contributed by atoms with E-state index in [0.717, 1.165) is 0 Å². The van der Waals surface area contributed by atoms with E-state index < -0.39 is 23.9 Å². The van der Waals surface area contributed by atoms with Crippen molar-refractivity contribution in [2.75, 3.05) is 85.3 Å². The lowest BCUT2D eigenvalue weighted by atomic mass is 9.92. The predicted molar refractivity (Wildman–Crippen MR) is 117 cm³/mol. The lowest BCUT2D eigenvalue weighted by Gasteiger charge is -2.41. The fourth-order valence-electron chi connectivity index (χ4n) is 3.93. The van der Waals surface area contributed by atoms with Crippen molar-refractivity contribution in [2.24, 2.45) is 0 Å². The van der Waals surface area contributed by atoms with Crippen molar-refractivity contribution in [3.8, 4) is 0 Å². The molecule has 0 radical (unpaired) electrons. The van der Waals surface area contributed by atoms with Gasteiger partial charge < -0.3 is 56.8 Å². The minimum Gasteiger partial charge on any atom is -0.327 e. The third kappa shape index (κ3) is 4.87. The van der Waals surface area contributed by atoms with Crippen LogP contribution in [0.2, 0.25) is 0 Å². The van der Waals surface area contributed by atoms with Gasteiger partial charge in [0.25, 0.3) is 0 Å². The maximum Gasteiger partial charge on any atom is 0.311 e. The van der Waals surface area contributed by atoms with Crippen LogP contribution in [0, 0.1) is 0 Å². The lowest BCUT2D eigenvalue weighted by molar-refractivity contribution is -0.387. The van der Waals surface area contributed by atoms with Crippen LogP contribution in [0.5, 0.6) is 0 Å². The van der Waals surface area contributed by atoms with Crippen LogP contribution in [0.3, 0.4) is 0 Å².